The van der Waals surface area contributed by atoms with Gasteiger partial charge in [-0.3, -0.25) is 4.21 Å². The smallest absolute Gasteiger partial charge is 0.181 e. The number of benzene rings is 1. The fourth-order valence-corrected chi connectivity index (χ4v) is 2.65. The van der Waals surface area contributed by atoms with Crippen molar-refractivity contribution in [3.05, 3.63) is 24.0 Å². The molecule has 2 nitrogen and oxygen atoms in total. The van der Waals surface area contributed by atoms with Crippen LogP contribution in [0.2, 0.25) is 0 Å². The van der Waals surface area contributed by atoms with Crippen LogP contribution in [0.25, 0.3) is 10.2 Å². The first-order valence-electron chi connectivity index (χ1n) is 3.56. The lowest BCUT2D eigenvalue weighted by molar-refractivity contribution is 0.629. The molecule has 5 heteroatoms. The second kappa shape index (κ2) is 3.16. The van der Waals surface area contributed by atoms with E-state index in [9.17, 15) is 8.60 Å². The summed E-state index contributed by atoms with van der Waals surface area (Å²) in [7, 11) is -1.08. The summed E-state index contributed by atoms with van der Waals surface area (Å²) in [5.74, 6) is -0.314. The summed E-state index contributed by atoms with van der Waals surface area (Å²) in [5.41, 5.74) is 0.579. The number of halogens is 1. The Balaban J connectivity index is 2.68. The van der Waals surface area contributed by atoms with Gasteiger partial charge in [-0.2, -0.15) is 0 Å². The molecule has 0 aliphatic carbocycles. The summed E-state index contributed by atoms with van der Waals surface area (Å²) >= 11 is 1.34. The highest BCUT2D eigenvalue weighted by Crippen LogP contribution is 2.24. The number of hydrogen-bond acceptors (Lipinski definition) is 3. The molecule has 2 aromatic rings. The first kappa shape index (κ1) is 8.77. The maximum atomic E-state index is 12.7. The molecule has 1 heterocycles. The van der Waals surface area contributed by atoms with Crippen molar-refractivity contribution in [1.29, 1.82) is 0 Å². The van der Waals surface area contributed by atoms with Crippen LogP contribution in [0.5, 0.6) is 0 Å². The Kier molecular flexibility index (Phi) is 2.13. The first-order chi connectivity index (χ1) is 6.16. The quantitative estimate of drug-likeness (QED) is 0.729. The van der Waals surface area contributed by atoms with Gasteiger partial charge in [0.2, 0.25) is 0 Å². The highest BCUT2D eigenvalue weighted by molar-refractivity contribution is 7.86. The zero-order valence-corrected chi connectivity index (χ0v) is 8.41. The molecule has 0 aliphatic heterocycles. The average Bonchev–Trinajstić information content (AvgIpc) is 2.46. The third-order valence-electron chi connectivity index (χ3n) is 1.58. The molecule has 0 fully saturated rings. The van der Waals surface area contributed by atoms with Crippen LogP contribution >= 0.6 is 11.3 Å². The van der Waals surface area contributed by atoms with Crippen LogP contribution in [-0.4, -0.2) is 15.4 Å². The topological polar surface area (TPSA) is 30.0 Å². The van der Waals surface area contributed by atoms with Gasteiger partial charge in [0.1, 0.15) is 5.82 Å². The standard InChI is InChI=1S/C8H6FNOS2/c1-13(11)8-10-6-4-5(9)2-3-7(6)12-8/h2-4H,1H3/t13-/m1/s1. The Morgan fingerprint density at radius 3 is 3.00 bits per heavy atom. The van der Waals surface area contributed by atoms with E-state index in [0.29, 0.717) is 9.86 Å². The molecule has 0 spiro atoms. The highest BCUT2D eigenvalue weighted by Gasteiger charge is 2.06. The van der Waals surface area contributed by atoms with E-state index in [1.165, 1.54) is 23.5 Å². The molecule has 1 aromatic carbocycles. The molecule has 1 aromatic heterocycles. The van der Waals surface area contributed by atoms with E-state index >= 15 is 0 Å². The van der Waals surface area contributed by atoms with E-state index in [0.717, 1.165) is 4.70 Å². The minimum Gasteiger partial charge on any atom is -0.252 e. The van der Waals surface area contributed by atoms with Gasteiger partial charge in [0.05, 0.1) is 21.0 Å². The van der Waals surface area contributed by atoms with Gasteiger partial charge in [0.25, 0.3) is 0 Å². The van der Waals surface area contributed by atoms with Crippen molar-refractivity contribution in [3.63, 3.8) is 0 Å². The van der Waals surface area contributed by atoms with Gasteiger partial charge < -0.3 is 0 Å². The number of fused-ring (bicyclic) bond motifs is 1. The predicted molar refractivity (Wildman–Crippen MR) is 51.9 cm³/mol. The van der Waals surface area contributed by atoms with Crippen molar-refractivity contribution in [2.24, 2.45) is 0 Å². The number of nitrogens with zero attached hydrogens (tertiary/aromatic N) is 1. The number of rotatable bonds is 1. The Labute approximate surface area is 80.9 Å². The Morgan fingerprint density at radius 2 is 2.31 bits per heavy atom. The summed E-state index contributed by atoms with van der Waals surface area (Å²) in [6.07, 6.45) is 1.56. The van der Waals surface area contributed by atoms with Gasteiger partial charge in [-0.05, 0) is 12.1 Å². The SMILES string of the molecule is C[S@@](=O)c1nc2cc(F)ccc2s1. The minimum absolute atomic E-state index is 0.314. The second-order valence-electron chi connectivity index (χ2n) is 2.55. The van der Waals surface area contributed by atoms with Gasteiger partial charge in [0.15, 0.2) is 4.34 Å². The summed E-state index contributed by atoms with van der Waals surface area (Å²) in [6, 6.07) is 4.38. The summed E-state index contributed by atoms with van der Waals surface area (Å²) in [5, 5.41) is 0. The zero-order valence-electron chi connectivity index (χ0n) is 6.78. The monoisotopic (exact) mass is 215 g/mol. The molecular weight excluding hydrogens is 209 g/mol. The molecule has 0 amide bonds. The van der Waals surface area contributed by atoms with Crippen molar-refractivity contribution >= 4 is 32.4 Å². The van der Waals surface area contributed by atoms with Crippen LogP contribution in [0.1, 0.15) is 0 Å². The summed E-state index contributed by atoms with van der Waals surface area (Å²) < 4.78 is 25.2. The Hall–Kier alpha value is -0.810. The lowest BCUT2D eigenvalue weighted by Crippen LogP contribution is -1.83. The maximum absolute atomic E-state index is 12.7. The first-order valence-corrected chi connectivity index (χ1v) is 5.94. The number of hydrogen-bond donors (Lipinski definition) is 0. The highest BCUT2D eigenvalue weighted by atomic mass is 32.2. The van der Waals surface area contributed by atoms with Crippen molar-refractivity contribution in [1.82, 2.24) is 4.98 Å². The molecule has 0 N–H and O–H groups in total. The minimum atomic E-state index is -1.08. The van der Waals surface area contributed by atoms with Crippen molar-refractivity contribution in [2.75, 3.05) is 6.26 Å². The molecule has 68 valence electrons. The molecule has 0 aliphatic rings. The number of thiazole rings is 1. The van der Waals surface area contributed by atoms with Gasteiger partial charge in [-0.25, -0.2) is 9.37 Å². The van der Waals surface area contributed by atoms with Gasteiger partial charge in [-0.1, -0.05) is 0 Å². The van der Waals surface area contributed by atoms with Crippen LogP contribution in [0, 0.1) is 5.82 Å². The molecule has 0 radical (unpaired) electrons. The third kappa shape index (κ3) is 1.62. The lowest BCUT2D eigenvalue weighted by atomic mass is 10.3. The van der Waals surface area contributed by atoms with Crippen molar-refractivity contribution in [2.45, 2.75) is 4.34 Å². The van der Waals surface area contributed by atoms with Crippen molar-refractivity contribution in [3.8, 4) is 0 Å². The molecule has 13 heavy (non-hydrogen) atoms. The summed E-state index contributed by atoms with van der Waals surface area (Å²) in [6.45, 7) is 0. The van der Waals surface area contributed by atoms with Crippen LogP contribution < -0.4 is 0 Å². The van der Waals surface area contributed by atoms with E-state index < -0.39 is 10.8 Å². The average molecular weight is 215 g/mol. The molecule has 0 unspecified atom stereocenters. The Morgan fingerprint density at radius 1 is 1.54 bits per heavy atom. The van der Waals surface area contributed by atoms with Crippen LogP contribution in [0.4, 0.5) is 4.39 Å². The van der Waals surface area contributed by atoms with Gasteiger partial charge in [-0.15, -0.1) is 11.3 Å². The lowest BCUT2D eigenvalue weighted by Gasteiger charge is -1.85. The molecular formula is C8H6FNOS2. The van der Waals surface area contributed by atoms with Gasteiger partial charge in [0, 0.05) is 12.3 Å². The zero-order chi connectivity index (χ0) is 9.42. The molecule has 0 saturated heterocycles. The van der Waals surface area contributed by atoms with Crippen LogP contribution in [-0.2, 0) is 10.8 Å². The molecule has 2 rings (SSSR count). The van der Waals surface area contributed by atoms with E-state index in [-0.39, 0.29) is 5.82 Å². The molecule has 0 saturated carbocycles. The molecule has 0 bridgehead atoms. The van der Waals surface area contributed by atoms with Crippen LogP contribution in [0.15, 0.2) is 22.5 Å². The van der Waals surface area contributed by atoms with Crippen molar-refractivity contribution < 1.29 is 8.60 Å². The normalized spacial score (nSPS) is 13.4. The fraction of sp³-hybridized carbons (Fsp3) is 0.125. The fourth-order valence-electron chi connectivity index (χ4n) is 1.00. The largest absolute Gasteiger partial charge is 0.252 e. The second-order valence-corrected chi connectivity index (χ2v) is 5.13. The number of aromatic nitrogens is 1. The van der Waals surface area contributed by atoms with Gasteiger partial charge >= 0.3 is 0 Å². The third-order valence-corrected chi connectivity index (χ3v) is 3.94. The predicted octanol–water partition coefficient (Wildman–Crippen LogP) is 2.17. The van der Waals surface area contributed by atoms with E-state index in [1.54, 1.807) is 12.3 Å². The van der Waals surface area contributed by atoms with E-state index in [2.05, 4.69) is 4.98 Å². The molecule has 1 atom stereocenters. The van der Waals surface area contributed by atoms with Crippen LogP contribution in [0.3, 0.4) is 0 Å². The maximum Gasteiger partial charge on any atom is 0.181 e. The summed E-state index contributed by atoms with van der Waals surface area (Å²) in [4.78, 5) is 4.05. The van der Waals surface area contributed by atoms with E-state index in [1.807, 2.05) is 0 Å². The Bertz CT molecular complexity index is 480. The van der Waals surface area contributed by atoms with E-state index in [4.69, 9.17) is 0 Å².